The molecule has 5 nitrogen and oxygen atoms in total. The van der Waals surface area contributed by atoms with Crippen LogP contribution in [0.15, 0.2) is 12.4 Å². The Kier molecular flexibility index (Phi) is 23.7. The average Bonchev–Trinajstić information content (AvgIpc) is 2.59. The summed E-state index contributed by atoms with van der Waals surface area (Å²) in [5, 5.41) is 12.2. The second kappa shape index (κ2) is 22.3. The third kappa shape index (κ3) is 21.3. The van der Waals surface area contributed by atoms with Crippen molar-refractivity contribution in [2.75, 3.05) is 37.7 Å². The molecule has 0 spiro atoms. The Labute approximate surface area is 157 Å². The van der Waals surface area contributed by atoms with E-state index >= 15 is 0 Å². The van der Waals surface area contributed by atoms with Crippen LogP contribution in [0.1, 0.15) is 53.4 Å². The molecule has 0 aliphatic rings. The third-order valence-electron chi connectivity index (χ3n) is 2.76. The Morgan fingerprint density at radius 1 is 0.792 bits per heavy atom. The zero-order chi connectivity index (χ0) is 18.5. The van der Waals surface area contributed by atoms with Crippen LogP contribution in [0.4, 0.5) is 4.79 Å². The summed E-state index contributed by atoms with van der Waals surface area (Å²) < 4.78 is 0. The molecule has 0 atom stereocenters. The molecule has 24 heavy (non-hydrogen) atoms. The lowest BCUT2D eigenvalue weighted by Gasteiger charge is -2.11. The highest BCUT2D eigenvalue weighted by molar-refractivity contribution is 8.76. The van der Waals surface area contributed by atoms with Crippen molar-refractivity contribution < 1.29 is 4.79 Å². The number of amides is 2. The van der Waals surface area contributed by atoms with Crippen LogP contribution < -0.4 is 21.3 Å². The highest BCUT2D eigenvalue weighted by Crippen LogP contribution is 2.19. The first-order valence-electron chi connectivity index (χ1n) is 9.13. The Balaban J connectivity index is 0. The van der Waals surface area contributed by atoms with E-state index < -0.39 is 0 Å². The summed E-state index contributed by atoms with van der Waals surface area (Å²) in [5.41, 5.74) is 0. The maximum Gasteiger partial charge on any atom is 0.314 e. The molecule has 0 aliphatic carbocycles. The summed E-state index contributed by atoms with van der Waals surface area (Å²) in [6.45, 7) is 15.6. The second-order valence-electron chi connectivity index (χ2n) is 4.87. The van der Waals surface area contributed by atoms with Crippen LogP contribution in [0.3, 0.4) is 0 Å². The van der Waals surface area contributed by atoms with E-state index in [1.54, 1.807) is 10.8 Å². The van der Waals surface area contributed by atoms with Gasteiger partial charge in [-0.05, 0) is 12.8 Å². The first-order chi connectivity index (χ1) is 11.7. The van der Waals surface area contributed by atoms with Gasteiger partial charge in [-0.15, -0.1) is 0 Å². The standard InChI is InChI=1S/C15H32N4OS2.C2H6/c1-4-6-8-16-14(3)17-10-12-21-22-13-11-19-15(20)18-9-7-5-2;1-2/h16-17H,3-13H2,1-2H3,(H2,18,19,20);1-2H3. The molecule has 144 valence electrons. The number of hydrogen-bond donors (Lipinski definition) is 4. The Hall–Kier alpha value is -0.690. The highest BCUT2D eigenvalue weighted by Gasteiger charge is 1.98. The maximum absolute atomic E-state index is 11.4. The number of rotatable bonds is 15. The van der Waals surface area contributed by atoms with E-state index in [2.05, 4.69) is 41.7 Å². The minimum Gasteiger partial charge on any atom is -0.372 e. The van der Waals surface area contributed by atoms with Gasteiger partial charge in [-0.2, -0.15) is 0 Å². The number of urea groups is 1. The average molecular weight is 379 g/mol. The normalized spacial score (nSPS) is 9.50. The minimum atomic E-state index is -0.0600. The van der Waals surface area contributed by atoms with E-state index in [4.69, 9.17) is 0 Å². The van der Waals surface area contributed by atoms with Gasteiger partial charge >= 0.3 is 6.03 Å². The highest BCUT2D eigenvalue weighted by atomic mass is 33.1. The van der Waals surface area contributed by atoms with Crippen LogP contribution in [0, 0.1) is 0 Å². The van der Waals surface area contributed by atoms with Crippen molar-refractivity contribution in [3.8, 4) is 0 Å². The van der Waals surface area contributed by atoms with E-state index in [0.29, 0.717) is 6.54 Å². The first kappa shape index (κ1) is 25.5. The summed E-state index contributed by atoms with van der Waals surface area (Å²) >= 11 is 0. The van der Waals surface area contributed by atoms with Gasteiger partial charge in [0.15, 0.2) is 0 Å². The van der Waals surface area contributed by atoms with E-state index in [0.717, 1.165) is 49.8 Å². The van der Waals surface area contributed by atoms with Gasteiger partial charge in [-0.25, -0.2) is 4.79 Å². The molecule has 0 aromatic carbocycles. The molecule has 7 heteroatoms. The van der Waals surface area contributed by atoms with Gasteiger partial charge in [0.1, 0.15) is 0 Å². The van der Waals surface area contributed by atoms with E-state index in [1.807, 2.05) is 24.6 Å². The quantitative estimate of drug-likeness (QED) is 0.257. The summed E-state index contributed by atoms with van der Waals surface area (Å²) in [6, 6.07) is -0.0600. The molecule has 0 aromatic rings. The molecule has 4 N–H and O–H groups in total. The number of carbonyl (C=O) groups excluding carboxylic acids is 1. The van der Waals surface area contributed by atoms with Crippen molar-refractivity contribution in [2.45, 2.75) is 53.4 Å². The Bertz CT molecular complexity index is 264. The second-order valence-corrected chi connectivity index (χ2v) is 7.57. The van der Waals surface area contributed by atoms with Crippen molar-refractivity contribution in [3.63, 3.8) is 0 Å². The molecule has 0 aromatic heterocycles. The smallest absolute Gasteiger partial charge is 0.314 e. The molecule has 0 saturated heterocycles. The fourth-order valence-electron chi connectivity index (χ4n) is 1.49. The van der Waals surface area contributed by atoms with Gasteiger partial charge in [0.25, 0.3) is 0 Å². The maximum atomic E-state index is 11.4. The fourth-order valence-corrected chi connectivity index (χ4v) is 3.30. The van der Waals surface area contributed by atoms with Gasteiger partial charge in [0.05, 0.1) is 5.82 Å². The largest absolute Gasteiger partial charge is 0.372 e. The molecule has 0 aliphatic heterocycles. The molecule has 0 heterocycles. The molecule has 0 radical (unpaired) electrons. The summed E-state index contributed by atoms with van der Waals surface area (Å²) in [7, 11) is 3.59. The van der Waals surface area contributed by atoms with Crippen LogP contribution in [0.5, 0.6) is 0 Å². The molecule has 0 bridgehead atoms. The molecule has 0 unspecified atom stereocenters. The topological polar surface area (TPSA) is 65.2 Å². The third-order valence-corrected chi connectivity index (χ3v) is 5.17. The molecular formula is C17H38N4OS2. The lowest BCUT2D eigenvalue weighted by atomic mass is 10.3. The number of unbranched alkanes of at least 4 members (excludes halogenated alkanes) is 2. The monoisotopic (exact) mass is 378 g/mol. The summed E-state index contributed by atoms with van der Waals surface area (Å²) in [6.07, 6.45) is 4.49. The van der Waals surface area contributed by atoms with E-state index in [9.17, 15) is 4.79 Å². The van der Waals surface area contributed by atoms with Crippen molar-refractivity contribution in [1.29, 1.82) is 0 Å². The van der Waals surface area contributed by atoms with Gasteiger partial charge in [-0.1, -0.05) is 68.7 Å². The molecule has 0 rings (SSSR count). The minimum absolute atomic E-state index is 0.0600. The van der Waals surface area contributed by atoms with Crippen molar-refractivity contribution in [2.24, 2.45) is 0 Å². The zero-order valence-electron chi connectivity index (χ0n) is 16.0. The number of hydrogen-bond acceptors (Lipinski definition) is 5. The predicted octanol–water partition coefficient (Wildman–Crippen LogP) is 3.94. The Morgan fingerprint density at radius 3 is 1.75 bits per heavy atom. The van der Waals surface area contributed by atoms with Crippen molar-refractivity contribution in [1.82, 2.24) is 21.3 Å². The predicted molar refractivity (Wildman–Crippen MR) is 113 cm³/mol. The van der Waals surface area contributed by atoms with E-state index in [1.165, 1.54) is 12.8 Å². The van der Waals surface area contributed by atoms with Crippen LogP contribution in [0.2, 0.25) is 0 Å². The van der Waals surface area contributed by atoms with Crippen molar-refractivity contribution >= 4 is 27.6 Å². The van der Waals surface area contributed by atoms with Crippen LogP contribution in [-0.2, 0) is 0 Å². The van der Waals surface area contributed by atoms with Crippen LogP contribution >= 0.6 is 21.6 Å². The summed E-state index contributed by atoms with van der Waals surface area (Å²) in [5.74, 6) is 2.84. The SMILES string of the molecule is C=C(NCCCC)NCCSSCCNC(=O)NCCCC.CC. The molecule has 0 saturated carbocycles. The number of carbonyl (C=O) groups is 1. The summed E-state index contributed by atoms with van der Waals surface area (Å²) in [4.78, 5) is 11.4. The van der Waals surface area contributed by atoms with Gasteiger partial charge in [0.2, 0.25) is 0 Å². The van der Waals surface area contributed by atoms with Gasteiger partial charge in [-0.3, -0.25) is 0 Å². The van der Waals surface area contributed by atoms with Gasteiger partial charge in [0, 0.05) is 37.7 Å². The first-order valence-corrected chi connectivity index (χ1v) is 11.6. The van der Waals surface area contributed by atoms with Crippen LogP contribution in [-0.4, -0.2) is 43.7 Å². The van der Waals surface area contributed by atoms with Crippen LogP contribution in [0.25, 0.3) is 0 Å². The molecular weight excluding hydrogens is 340 g/mol. The lowest BCUT2D eigenvalue weighted by molar-refractivity contribution is 0.241. The molecule has 0 fully saturated rings. The molecule has 2 amide bonds. The van der Waals surface area contributed by atoms with Gasteiger partial charge < -0.3 is 21.3 Å². The Morgan fingerprint density at radius 2 is 1.21 bits per heavy atom. The van der Waals surface area contributed by atoms with E-state index in [-0.39, 0.29) is 6.03 Å². The zero-order valence-corrected chi connectivity index (χ0v) is 17.6. The number of nitrogens with one attached hydrogen (secondary N) is 4. The fraction of sp³-hybridized carbons (Fsp3) is 0.824. The lowest BCUT2D eigenvalue weighted by Crippen LogP contribution is -2.37. The van der Waals surface area contributed by atoms with Crippen molar-refractivity contribution in [3.05, 3.63) is 12.4 Å².